The molecule has 2 atom stereocenters. The van der Waals surface area contributed by atoms with E-state index in [2.05, 4.69) is 33.9 Å². The number of hydrogen-bond acceptors (Lipinski definition) is 1. The molecule has 2 aliphatic rings. The Morgan fingerprint density at radius 3 is 2.89 bits per heavy atom. The molecule has 2 nitrogen and oxygen atoms in total. The van der Waals surface area contributed by atoms with Crippen LogP contribution in [0.5, 0.6) is 0 Å². The Hall–Kier alpha value is -1.57. The summed E-state index contributed by atoms with van der Waals surface area (Å²) in [6.45, 7) is 1.14. The van der Waals surface area contributed by atoms with Crippen molar-refractivity contribution in [3.8, 4) is 0 Å². The van der Waals surface area contributed by atoms with Crippen LogP contribution in [0, 0.1) is 5.92 Å². The number of hydrogen-bond donors (Lipinski definition) is 0. The fourth-order valence-electron chi connectivity index (χ4n) is 4.13. The first-order valence-electron chi connectivity index (χ1n) is 7.48. The van der Waals surface area contributed by atoms with Gasteiger partial charge < -0.3 is 4.57 Å². The Balaban J connectivity index is 1.68. The van der Waals surface area contributed by atoms with E-state index < -0.39 is 0 Å². The second kappa shape index (κ2) is 4.52. The normalized spacial score (nSPS) is 25.1. The van der Waals surface area contributed by atoms with Crippen molar-refractivity contribution in [2.24, 2.45) is 5.92 Å². The van der Waals surface area contributed by atoms with Crippen molar-refractivity contribution >= 4 is 0 Å². The third-order valence-electron chi connectivity index (χ3n) is 4.98. The highest BCUT2D eigenvalue weighted by atomic mass is 15.0. The van der Waals surface area contributed by atoms with Crippen molar-refractivity contribution in [2.45, 2.75) is 44.6 Å². The average molecular weight is 252 g/mol. The van der Waals surface area contributed by atoms with Gasteiger partial charge in [-0.1, -0.05) is 18.2 Å². The maximum atomic E-state index is 4.18. The molecule has 19 heavy (non-hydrogen) atoms. The Kier molecular flexibility index (Phi) is 2.68. The topological polar surface area (TPSA) is 17.8 Å². The van der Waals surface area contributed by atoms with E-state index in [0.29, 0.717) is 0 Å². The van der Waals surface area contributed by atoms with E-state index in [4.69, 9.17) is 0 Å². The van der Waals surface area contributed by atoms with Gasteiger partial charge in [0.2, 0.25) is 0 Å². The van der Waals surface area contributed by atoms with Crippen LogP contribution < -0.4 is 0 Å². The van der Waals surface area contributed by atoms with Gasteiger partial charge in [0.1, 0.15) is 0 Å². The van der Waals surface area contributed by atoms with Gasteiger partial charge in [0.05, 0.1) is 6.33 Å². The van der Waals surface area contributed by atoms with Gasteiger partial charge in [0, 0.05) is 18.9 Å². The van der Waals surface area contributed by atoms with E-state index in [1.807, 2.05) is 12.5 Å². The summed E-state index contributed by atoms with van der Waals surface area (Å²) in [4.78, 5) is 4.18. The van der Waals surface area contributed by atoms with Crippen molar-refractivity contribution < 1.29 is 0 Å². The van der Waals surface area contributed by atoms with Crippen molar-refractivity contribution in [3.63, 3.8) is 0 Å². The fourth-order valence-corrected chi connectivity index (χ4v) is 4.13. The zero-order valence-electron chi connectivity index (χ0n) is 11.3. The summed E-state index contributed by atoms with van der Waals surface area (Å²) in [6, 6.07) is 6.96. The molecule has 0 aliphatic heterocycles. The minimum Gasteiger partial charge on any atom is -0.337 e. The van der Waals surface area contributed by atoms with Gasteiger partial charge in [-0.2, -0.15) is 0 Å². The Labute approximate surface area is 114 Å². The predicted octanol–water partition coefficient (Wildman–Crippen LogP) is 3.57. The summed E-state index contributed by atoms with van der Waals surface area (Å²) in [7, 11) is 0. The van der Waals surface area contributed by atoms with E-state index in [9.17, 15) is 0 Å². The van der Waals surface area contributed by atoms with Crippen LogP contribution in [0.15, 0.2) is 36.9 Å². The van der Waals surface area contributed by atoms with Crippen molar-refractivity contribution in [2.75, 3.05) is 0 Å². The SMILES string of the molecule is c1cc2c3c(c1)CCC(Cn1ccnc1)C3CCC2. The largest absolute Gasteiger partial charge is 0.337 e. The Morgan fingerprint density at radius 1 is 1.16 bits per heavy atom. The first-order valence-corrected chi connectivity index (χ1v) is 7.48. The lowest BCUT2D eigenvalue weighted by molar-refractivity contribution is 0.298. The standard InChI is InChI=1S/C17H20N2/c1-3-13-5-2-6-16-15(11-19-10-9-18-12-19)8-7-14(4-1)17(13)16/h1,3-4,9-10,12,15-16H,2,5-8,11H2. The molecule has 2 unspecified atom stereocenters. The molecular weight excluding hydrogens is 232 g/mol. The first kappa shape index (κ1) is 11.3. The summed E-state index contributed by atoms with van der Waals surface area (Å²) in [5, 5.41) is 0. The van der Waals surface area contributed by atoms with Crippen molar-refractivity contribution in [3.05, 3.63) is 53.6 Å². The summed E-state index contributed by atoms with van der Waals surface area (Å²) in [5.41, 5.74) is 4.97. The number of benzene rings is 1. The molecule has 0 radical (unpaired) electrons. The van der Waals surface area contributed by atoms with Gasteiger partial charge in [-0.3, -0.25) is 0 Å². The van der Waals surface area contributed by atoms with E-state index in [1.165, 1.54) is 32.1 Å². The number of aromatic nitrogens is 2. The molecule has 98 valence electrons. The Bertz CT molecular complexity index is 557. The number of nitrogens with zero attached hydrogens (tertiary/aromatic N) is 2. The maximum Gasteiger partial charge on any atom is 0.0946 e. The molecule has 0 fully saturated rings. The monoisotopic (exact) mass is 252 g/mol. The zero-order chi connectivity index (χ0) is 12.7. The fraction of sp³-hybridized carbons (Fsp3) is 0.471. The third-order valence-corrected chi connectivity index (χ3v) is 4.98. The lowest BCUT2D eigenvalue weighted by atomic mass is 9.68. The van der Waals surface area contributed by atoms with E-state index in [0.717, 1.165) is 18.4 Å². The van der Waals surface area contributed by atoms with E-state index >= 15 is 0 Å². The second-order valence-corrected chi connectivity index (χ2v) is 6.05. The molecule has 0 saturated carbocycles. The van der Waals surface area contributed by atoms with Crippen molar-refractivity contribution in [1.29, 1.82) is 0 Å². The molecular formula is C17H20N2. The van der Waals surface area contributed by atoms with Gasteiger partial charge in [0.15, 0.2) is 0 Å². The van der Waals surface area contributed by atoms with Gasteiger partial charge >= 0.3 is 0 Å². The first-order chi connectivity index (χ1) is 9.42. The van der Waals surface area contributed by atoms with Gasteiger partial charge in [-0.15, -0.1) is 0 Å². The highest BCUT2D eigenvalue weighted by Gasteiger charge is 2.33. The summed E-state index contributed by atoms with van der Waals surface area (Å²) in [5.74, 6) is 1.58. The summed E-state index contributed by atoms with van der Waals surface area (Å²) >= 11 is 0. The highest BCUT2D eigenvalue weighted by Crippen LogP contribution is 2.44. The molecule has 1 aromatic heterocycles. The Morgan fingerprint density at radius 2 is 2.05 bits per heavy atom. The van der Waals surface area contributed by atoms with Crippen LogP contribution in [0.25, 0.3) is 0 Å². The molecule has 0 bridgehead atoms. The van der Waals surface area contributed by atoms with Crippen LogP contribution in [0.2, 0.25) is 0 Å². The summed E-state index contributed by atoms with van der Waals surface area (Å²) < 4.78 is 2.26. The van der Waals surface area contributed by atoms with Crippen LogP contribution in [-0.2, 0) is 19.4 Å². The zero-order valence-corrected chi connectivity index (χ0v) is 11.3. The molecule has 2 heteroatoms. The molecule has 0 N–H and O–H groups in total. The lowest BCUT2D eigenvalue weighted by Gasteiger charge is -2.38. The quantitative estimate of drug-likeness (QED) is 0.799. The minimum atomic E-state index is 0.788. The predicted molar refractivity (Wildman–Crippen MR) is 76.2 cm³/mol. The van der Waals surface area contributed by atoms with E-state index in [1.54, 1.807) is 16.7 Å². The summed E-state index contributed by atoms with van der Waals surface area (Å²) in [6.07, 6.45) is 12.6. The number of imidazole rings is 1. The average Bonchev–Trinajstić information content (AvgIpc) is 2.95. The molecule has 0 amide bonds. The molecule has 1 heterocycles. The molecule has 2 aromatic rings. The van der Waals surface area contributed by atoms with Gasteiger partial charge in [0.25, 0.3) is 0 Å². The van der Waals surface area contributed by atoms with Crippen molar-refractivity contribution in [1.82, 2.24) is 9.55 Å². The smallest absolute Gasteiger partial charge is 0.0946 e. The second-order valence-electron chi connectivity index (χ2n) is 6.05. The van der Waals surface area contributed by atoms with Crippen LogP contribution in [0.1, 0.15) is 41.9 Å². The lowest BCUT2D eigenvalue weighted by Crippen LogP contribution is -2.28. The van der Waals surface area contributed by atoms with Gasteiger partial charge in [-0.25, -0.2) is 4.98 Å². The van der Waals surface area contributed by atoms with Crippen LogP contribution in [0.4, 0.5) is 0 Å². The minimum absolute atomic E-state index is 0.788. The third kappa shape index (κ3) is 1.90. The molecule has 0 spiro atoms. The maximum absolute atomic E-state index is 4.18. The van der Waals surface area contributed by atoms with Gasteiger partial charge in [-0.05, 0) is 60.6 Å². The number of rotatable bonds is 2. The van der Waals surface area contributed by atoms with Crippen LogP contribution in [0.3, 0.4) is 0 Å². The van der Waals surface area contributed by atoms with Crippen LogP contribution >= 0.6 is 0 Å². The molecule has 4 rings (SSSR count). The van der Waals surface area contributed by atoms with E-state index in [-0.39, 0.29) is 0 Å². The molecule has 0 saturated heterocycles. The molecule has 1 aromatic carbocycles. The molecule has 2 aliphatic carbocycles. The van der Waals surface area contributed by atoms with Crippen LogP contribution in [-0.4, -0.2) is 9.55 Å². The highest BCUT2D eigenvalue weighted by molar-refractivity contribution is 5.42. The number of aryl methyl sites for hydroxylation is 2.